The fraction of sp³-hybridized carbons (Fsp3) is 0.722. The maximum absolute atomic E-state index is 13.0. The first-order chi connectivity index (χ1) is 11.4. The number of rotatable bonds is 3. The van der Waals surface area contributed by atoms with Crippen LogP contribution in [0.2, 0.25) is 0 Å². The predicted octanol–water partition coefficient (Wildman–Crippen LogP) is 3.26. The second-order valence-electron chi connectivity index (χ2n) is 7.27. The van der Waals surface area contributed by atoms with E-state index in [2.05, 4.69) is 21.0 Å². The molecule has 1 amide bonds. The van der Waals surface area contributed by atoms with E-state index < -0.39 is 0 Å². The Balaban J connectivity index is 1.72. The summed E-state index contributed by atoms with van der Waals surface area (Å²) in [5, 5.41) is 4.52. The van der Waals surface area contributed by atoms with Gasteiger partial charge in [0.2, 0.25) is 5.91 Å². The zero-order chi connectivity index (χ0) is 17.4. The van der Waals surface area contributed by atoms with Crippen molar-refractivity contribution >= 4 is 27.6 Å². The molecule has 5 nitrogen and oxygen atoms in total. The molecule has 132 valence electrons. The third-order valence-electron chi connectivity index (χ3n) is 5.59. The Bertz CT molecular complexity index is 655. The highest BCUT2D eigenvalue weighted by Crippen LogP contribution is 2.34. The number of carbonyl (C=O) groups is 2. The molecule has 0 N–H and O–H groups in total. The lowest BCUT2D eigenvalue weighted by molar-refractivity contribution is -0.146. The number of amides is 1. The number of nitrogens with zero attached hydrogens (tertiary/aromatic N) is 3. The summed E-state index contributed by atoms with van der Waals surface area (Å²) in [4.78, 5) is 27.2. The van der Waals surface area contributed by atoms with Crippen molar-refractivity contribution in [2.45, 2.75) is 65.5 Å². The lowest BCUT2D eigenvalue weighted by atomic mass is 9.77. The third kappa shape index (κ3) is 3.17. The Kier molecular flexibility index (Phi) is 5.13. The summed E-state index contributed by atoms with van der Waals surface area (Å²) >= 11 is 3.54. The number of hydrogen-bond acceptors (Lipinski definition) is 3. The number of Topliss-reactive ketones (excluding diaryl/α,β-unsaturated/α-hetero) is 1. The zero-order valence-electron chi connectivity index (χ0n) is 14.7. The lowest BCUT2D eigenvalue weighted by Gasteiger charge is -2.44. The van der Waals surface area contributed by atoms with Crippen molar-refractivity contribution in [3.8, 4) is 0 Å². The molecular weight excluding hydrogens is 370 g/mol. The van der Waals surface area contributed by atoms with Gasteiger partial charge in [-0.3, -0.25) is 14.3 Å². The van der Waals surface area contributed by atoms with E-state index in [-0.39, 0.29) is 23.8 Å². The predicted molar refractivity (Wildman–Crippen MR) is 95.6 cm³/mol. The van der Waals surface area contributed by atoms with Gasteiger partial charge in [0.25, 0.3) is 0 Å². The minimum absolute atomic E-state index is 0.0754. The number of likely N-dealkylation sites (tertiary alicyclic amines) is 1. The molecule has 3 unspecified atom stereocenters. The number of ketones is 1. The number of aryl methyl sites for hydroxylation is 1. The van der Waals surface area contributed by atoms with Crippen LogP contribution in [0.5, 0.6) is 0 Å². The molecule has 2 fully saturated rings. The van der Waals surface area contributed by atoms with Crippen LogP contribution in [0.15, 0.2) is 4.47 Å². The van der Waals surface area contributed by atoms with Gasteiger partial charge in [-0.1, -0.05) is 19.8 Å². The van der Waals surface area contributed by atoms with Crippen molar-refractivity contribution in [1.82, 2.24) is 14.7 Å². The summed E-state index contributed by atoms with van der Waals surface area (Å²) in [6.45, 7) is 7.12. The quantitative estimate of drug-likeness (QED) is 0.788. The number of hydrogen-bond donors (Lipinski definition) is 0. The second kappa shape index (κ2) is 6.98. The maximum Gasteiger partial charge on any atom is 0.227 e. The van der Waals surface area contributed by atoms with E-state index in [1.54, 1.807) is 0 Å². The molecule has 6 heteroatoms. The van der Waals surface area contributed by atoms with E-state index in [1.165, 1.54) is 0 Å². The molecule has 3 atom stereocenters. The van der Waals surface area contributed by atoms with Crippen LogP contribution in [0, 0.1) is 25.7 Å². The molecule has 1 saturated heterocycles. The Morgan fingerprint density at radius 1 is 1.33 bits per heavy atom. The fourth-order valence-corrected chi connectivity index (χ4v) is 4.47. The maximum atomic E-state index is 13.0. The number of halogens is 1. The van der Waals surface area contributed by atoms with Crippen LogP contribution in [-0.4, -0.2) is 39.0 Å². The van der Waals surface area contributed by atoms with Gasteiger partial charge >= 0.3 is 0 Å². The Morgan fingerprint density at radius 3 is 2.71 bits per heavy atom. The van der Waals surface area contributed by atoms with Crippen LogP contribution < -0.4 is 0 Å². The lowest BCUT2D eigenvalue weighted by Crippen LogP contribution is -2.54. The topological polar surface area (TPSA) is 55.2 Å². The van der Waals surface area contributed by atoms with E-state index in [9.17, 15) is 9.59 Å². The van der Waals surface area contributed by atoms with Crippen molar-refractivity contribution in [2.75, 3.05) is 6.54 Å². The molecule has 1 aromatic heterocycles. The molecule has 2 heterocycles. The number of aromatic nitrogens is 2. The standard InChI is InChI=1S/C18H26BrN3O2/c1-11(10-22-13(3)17(19)12(2)20-22)18(24)21-9-8-16(23)14-6-4-5-7-15(14)21/h11,14-15H,4-10H2,1-3H3. The van der Waals surface area contributed by atoms with Gasteiger partial charge < -0.3 is 4.90 Å². The van der Waals surface area contributed by atoms with Crippen molar-refractivity contribution in [1.29, 1.82) is 0 Å². The summed E-state index contributed by atoms with van der Waals surface area (Å²) in [6.07, 6.45) is 4.68. The summed E-state index contributed by atoms with van der Waals surface area (Å²) < 4.78 is 2.92. The molecule has 1 aliphatic carbocycles. The van der Waals surface area contributed by atoms with Crippen LogP contribution in [0.3, 0.4) is 0 Å². The molecule has 2 aliphatic rings. The van der Waals surface area contributed by atoms with Crippen molar-refractivity contribution in [3.63, 3.8) is 0 Å². The highest BCUT2D eigenvalue weighted by molar-refractivity contribution is 9.10. The van der Waals surface area contributed by atoms with Gasteiger partial charge in [-0.25, -0.2) is 0 Å². The van der Waals surface area contributed by atoms with E-state index in [0.29, 0.717) is 25.3 Å². The zero-order valence-corrected chi connectivity index (χ0v) is 16.3. The highest BCUT2D eigenvalue weighted by atomic mass is 79.9. The van der Waals surface area contributed by atoms with Gasteiger partial charge in [0, 0.05) is 30.6 Å². The first-order valence-electron chi connectivity index (χ1n) is 8.93. The normalized spacial score (nSPS) is 25.5. The van der Waals surface area contributed by atoms with Crippen molar-refractivity contribution < 1.29 is 9.59 Å². The largest absolute Gasteiger partial charge is 0.338 e. The Morgan fingerprint density at radius 2 is 2.04 bits per heavy atom. The molecule has 0 radical (unpaired) electrons. The molecule has 24 heavy (non-hydrogen) atoms. The first kappa shape index (κ1) is 17.6. The van der Waals surface area contributed by atoms with Gasteiger partial charge in [0.15, 0.2) is 0 Å². The smallest absolute Gasteiger partial charge is 0.227 e. The minimum atomic E-state index is -0.134. The number of piperidine rings is 1. The van der Waals surface area contributed by atoms with Gasteiger partial charge in [-0.05, 0) is 42.6 Å². The van der Waals surface area contributed by atoms with Crippen LogP contribution >= 0.6 is 15.9 Å². The van der Waals surface area contributed by atoms with E-state index in [1.807, 2.05) is 30.4 Å². The van der Waals surface area contributed by atoms with E-state index in [0.717, 1.165) is 41.5 Å². The minimum Gasteiger partial charge on any atom is -0.338 e. The van der Waals surface area contributed by atoms with Crippen LogP contribution in [0.1, 0.15) is 50.4 Å². The Hall–Kier alpha value is -1.17. The van der Waals surface area contributed by atoms with Crippen LogP contribution in [0.25, 0.3) is 0 Å². The second-order valence-corrected chi connectivity index (χ2v) is 8.07. The molecule has 3 rings (SSSR count). The van der Waals surface area contributed by atoms with Gasteiger partial charge in [-0.2, -0.15) is 5.10 Å². The average molecular weight is 396 g/mol. The Labute approximate surface area is 151 Å². The van der Waals surface area contributed by atoms with Crippen LogP contribution in [-0.2, 0) is 16.1 Å². The van der Waals surface area contributed by atoms with E-state index >= 15 is 0 Å². The average Bonchev–Trinajstić information content (AvgIpc) is 2.82. The first-order valence-corrected chi connectivity index (χ1v) is 9.72. The van der Waals surface area contributed by atoms with Crippen molar-refractivity contribution in [2.24, 2.45) is 11.8 Å². The number of fused-ring (bicyclic) bond motifs is 1. The molecular formula is C18H26BrN3O2. The van der Waals surface area contributed by atoms with E-state index in [4.69, 9.17) is 0 Å². The van der Waals surface area contributed by atoms with Crippen LogP contribution in [0.4, 0.5) is 0 Å². The molecule has 0 aromatic carbocycles. The number of carbonyl (C=O) groups excluding carboxylic acids is 2. The summed E-state index contributed by atoms with van der Waals surface area (Å²) in [7, 11) is 0. The summed E-state index contributed by atoms with van der Waals surface area (Å²) in [5.41, 5.74) is 2.00. The molecule has 0 bridgehead atoms. The monoisotopic (exact) mass is 395 g/mol. The molecule has 1 aliphatic heterocycles. The molecule has 0 spiro atoms. The van der Waals surface area contributed by atoms with Gasteiger partial charge in [0.05, 0.1) is 22.6 Å². The van der Waals surface area contributed by atoms with Crippen molar-refractivity contribution in [3.05, 3.63) is 15.9 Å². The summed E-state index contributed by atoms with van der Waals surface area (Å²) in [5.74, 6) is 0.471. The summed E-state index contributed by atoms with van der Waals surface area (Å²) in [6, 6.07) is 0.127. The highest BCUT2D eigenvalue weighted by Gasteiger charge is 2.41. The van der Waals surface area contributed by atoms with Gasteiger partial charge in [0.1, 0.15) is 5.78 Å². The SMILES string of the molecule is Cc1nn(CC(C)C(=O)N2CCC(=O)C3CCCCC32)c(C)c1Br. The third-order valence-corrected chi connectivity index (χ3v) is 6.73. The van der Waals surface area contributed by atoms with Gasteiger partial charge in [-0.15, -0.1) is 0 Å². The molecule has 1 saturated carbocycles. The fourth-order valence-electron chi connectivity index (χ4n) is 4.19. The molecule has 1 aromatic rings.